The summed E-state index contributed by atoms with van der Waals surface area (Å²) in [5, 5.41) is 9.98. The van der Waals surface area contributed by atoms with Crippen molar-refractivity contribution >= 4 is 27.7 Å². The number of hydrogen-bond acceptors (Lipinski definition) is 3. The lowest BCUT2D eigenvalue weighted by molar-refractivity contribution is 0.0665. The van der Waals surface area contributed by atoms with Crippen molar-refractivity contribution < 1.29 is 18.5 Å². The summed E-state index contributed by atoms with van der Waals surface area (Å²) in [6, 6.07) is 7.01. The second kappa shape index (κ2) is 5.40. The van der Waals surface area contributed by atoms with Crippen LogP contribution in [0.1, 0.15) is 41.8 Å². The molecule has 1 fully saturated rings. The van der Waals surface area contributed by atoms with Crippen LogP contribution < -0.4 is 0 Å². The molecule has 4 nitrogen and oxygen atoms in total. The van der Waals surface area contributed by atoms with E-state index in [4.69, 9.17) is 9.52 Å². The number of carboxylic acid groups (broad SMARTS) is 1. The lowest BCUT2D eigenvalue weighted by Gasteiger charge is -2.08. The molecule has 2 aromatic rings. The van der Waals surface area contributed by atoms with E-state index >= 15 is 0 Å². The molecule has 1 aromatic carbocycles. The number of hydrogen-bond donors (Lipinski definition) is 1. The van der Waals surface area contributed by atoms with Gasteiger partial charge in [0.25, 0.3) is 0 Å². The number of benzene rings is 1. The highest BCUT2D eigenvalue weighted by Gasteiger charge is 2.21. The maximum Gasteiger partial charge on any atom is 0.371 e. The van der Waals surface area contributed by atoms with Crippen LogP contribution in [-0.4, -0.2) is 20.5 Å². The smallest absolute Gasteiger partial charge is 0.371 e. The Hall–Kier alpha value is -1.62. The average Bonchev–Trinajstić information content (AvgIpc) is 3.07. The highest BCUT2D eigenvalue weighted by molar-refractivity contribution is 7.84. The molecule has 1 heterocycles. The van der Waals surface area contributed by atoms with Crippen LogP contribution in [0.25, 0.3) is 11.0 Å². The fourth-order valence-electron chi connectivity index (χ4n) is 2.72. The molecule has 0 saturated heterocycles. The Morgan fingerprint density at radius 1 is 1.30 bits per heavy atom. The standard InChI is InChI=1S/C15H16O4S/c16-15(17)14-8-11-7-10(5-6-13(11)19-14)9-20(18)12-3-1-2-4-12/h5-8,12H,1-4,9H2,(H,16,17). The summed E-state index contributed by atoms with van der Waals surface area (Å²) in [5.74, 6) is -0.597. The summed E-state index contributed by atoms with van der Waals surface area (Å²) in [6.45, 7) is 0. The van der Waals surface area contributed by atoms with Crippen molar-refractivity contribution in [2.24, 2.45) is 0 Å². The van der Waals surface area contributed by atoms with E-state index in [9.17, 15) is 9.00 Å². The molecule has 106 valence electrons. The fourth-order valence-corrected chi connectivity index (χ4v) is 4.32. The van der Waals surface area contributed by atoms with Crippen molar-refractivity contribution in [3.05, 3.63) is 35.6 Å². The molecule has 0 radical (unpaired) electrons. The van der Waals surface area contributed by atoms with Gasteiger partial charge in [0, 0.05) is 27.2 Å². The van der Waals surface area contributed by atoms with Crippen molar-refractivity contribution in [3.63, 3.8) is 0 Å². The first kappa shape index (κ1) is 13.4. The van der Waals surface area contributed by atoms with Crippen LogP contribution in [-0.2, 0) is 16.6 Å². The Bertz CT molecular complexity index is 668. The zero-order chi connectivity index (χ0) is 14.1. The van der Waals surface area contributed by atoms with Gasteiger partial charge in [0.1, 0.15) is 5.58 Å². The summed E-state index contributed by atoms with van der Waals surface area (Å²) in [4.78, 5) is 10.9. The Labute approximate surface area is 119 Å². The molecular weight excluding hydrogens is 276 g/mol. The number of furan rings is 1. The molecule has 5 heteroatoms. The number of fused-ring (bicyclic) bond motifs is 1. The second-order valence-electron chi connectivity index (χ2n) is 5.22. The zero-order valence-electron chi connectivity index (χ0n) is 11.0. The molecule has 0 bridgehead atoms. The third kappa shape index (κ3) is 2.63. The first-order valence-electron chi connectivity index (χ1n) is 6.76. The van der Waals surface area contributed by atoms with Crippen molar-refractivity contribution in [1.82, 2.24) is 0 Å². The molecular formula is C15H16O4S. The predicted molar refractivity (Wildman–Crippen MR) is 77.3 cm³/mol. The number of aromatic carboxylic acids is 1. The van der Waals surface area contributed by atoms with E-state index in [0.717, 1.165) is 23.8 Å². The maximum absolute atomic E-state index is 12.3. The van der Waals surface area contributed by atoms with Crippen molar-refractivity contribution in [3.8, 4) is 0 Å². The zero-order valence-corrected chi connectivity index (χ0v) is 11.8. The molecule has 1 N–H and O–H groups in total. The van der Waals surface area contributed by atoms with Gasteiger partial charge in [0.2, 0.25) is 5.76 Å². The third-order valence-corrected chi connectivity index (χ3v) is 5.61. The van der Waals surface area contributed by atoms with Gasteiger partial charge in [-0.3, -0.25) is 4.21 Å². The van der Waals surface area contributed by atoms with E-state index in [2.05, 4.69) is 0 Å². The van der Waals surface area contributed by atoms with E-state index < -0.39 is 16.8 Å². The van der Waals surface area contributed by atoms with Gasteiger partial charge < -0.3 is 9.52 Å². The second-order valence-corrected chi connectivity index (χ2v) is 6.94. The van der Waals surface area contributed by atoms with Crippen LogP contribution in [0.4, 0.5) is 0 Å². The minimum absolute atomic E-state index is 0.0611. The largest absolute Gasteiger partial charge is 0.475 e. The summed E-state index contributed by atoms with van der Waals surface area (Å²) < 4.78 is 17.5. The van der Waals surface area contributed by atoms with Crippen LogP contribution >= 0.6 is 0 Å². The number of carboxylic acids is 1. The van der Waals surface area contributed by atoms with Crippen LogP contribution in [0.5, 0.6) is 0 Å². The molecule has 1 atom stereocenters. The third-order valence-electron chi connectivity index (χ3n) is 3.77. The Kier molecular flexibility index (Phi) is 3.61. The molecule has 1 aliphatic carbocycles. The van der Waals surface area contributed by atoms with E-state index in [1.807, 2.05) is 12.1 Å². The van der Waals surface area contributed by atoms with Crippen LogP contribution in [0.15, 0.2) is 28.7 Å². The lowest BCUT2D eigenvalue weighted by atomic mass is 10.2. The summed E-state index contributed by atoms with van der Waals surface area (Å²) >= 11 is 0. The van der Waals surface area contributed by atoms with Gasteiger partial charge in [0.15, 0.2) is 0 Å². The molecule has 0 aliphatic heterocycles. The number of rotatable bonds is 4. The Morgan fingerprint density at radius 2 is 2.05 bits per heavy atom. The van der Waals surface area contributed by atoms with Gasteiger partial charge in [-0.15, -0.1) is 0 Å². The van der Waals surface area contributed by atoms with Crippen LogP contribution in [0.3, 0.4) is 0 Å². The molecule has 1 aromatic heterocycles. The SMILES string of the molecule is O=C(O)c1cc2cc(CS(=O)C3CCCC3)ccc2o1. The first-order chi connectivity index (χ1) is 9.63. The van der Waals surface area contributed by atoms with Gasteiger partial charge in [-0.25, -0.2) is 4.79 Å². The minimum Gasteiger partial charge on any atom is -0.475 e. The van der Waals surface area contributed by atoms with Crippen LogP contribution in [0, 0.1) is 0 Å². The van der Waals surface area contributed by atoms with Crippen molar-refractivity contribution in [2.45, 2.75) is 36.7 Å². The molecule has 1 aliphatic rings. The Balaban J connectivity index is 1.81. The van der Waals surface area contributed by atoms with Crippen LogP contribution in [0.2, 0.25) is 0 Å². The van der Waals surface area contributed by atoms with Gasteiger partial charge in [-0.05, 0) is 36.6 Å². The van der Waals surface area contributed by atoms with Crippen molar-refractivity contribution in [1.29, 1.82) is 0 Å². The van der Waals surface area contributed by atoms with Gasteiger partial charge >= 0.3 is 5.97 Å². The lowest BCUT2D eigenvalue weighted by Crippen LogP contribution is -2.12. The number of carbonyl (C=O) groups is 1. The fraction of sp³-hybridized carbons (Fsp3) is 0.400. The summed E-state index contributed by atoms with van der Waals surface area (Å²) in [5.41, 5.74) is 1.53. The quantitative estimate of drug-likeness (QED) is 0.938. The highest BCUT2D eigenvalue weighted by Crippen LogP contribution is 2.26. The van der Waals surface area contributed by atoms with Gasteiger partial charge in [-0.2, -0.15) is 0 Å². The maximum atomic E-state index is 12.3. The Morgan fingerprint density at radius 3 is 2.75 bits per heavy atom. The van der Waals surface area contributed by atoms with E-state index in [-0.39, 0.29) is 5.76 Å². The first-order valence-corrected chi connectivity index (χ1v) is 8.14. The van der Waals surface area contributed by atoms with Crippen molar-refractivity contribution in [2.75, 3.05) is 0 Å². The minimum atomic E-state index is -1.07. The van der Waals surface area contributed by atoms with E-state index in [0.29, 0.717) is 16.6 Å². The predicted octanol–water partition coefficient (Wildman–Crippen LogP) is 3.32. The average molecular weight is 292 g/mol. The van der Waals surface area contributed by atoms with E-state index in [1.165, 1.54) is 18.9 Å². The molecule has 0 amide bonds. The monoisotopic (exact) mass is 292 g/mol. The summed E-state index contributed by atoms with van der Waals surface area (Å²) in [7, 11) is -0.838. The molecule has 20 heavy (non-hydrogen) atoms. The molecule has 0 spiro atoms. The normalized spacial score (nSPS) is 17.6. The highest BCUT2D eigenvalue weighted by atomic mass is 32.2. The topological polar surface area (TPSA) is 67.5 Å². The molecule has 1 unspecified atom stereocenters. The van der Waals surface area contributed by atoms with Gasteiger partial charge in [-0.1, -0.05) is 18.9 Å². The summed E-state index contributed by atoms with van der Waals surface area (Å²) in [6.07, 6.45) is 4.48. The van der Waals surface area contributed by atoms with Gasteiger partial charge in [0.05, 0.1) is 0 Å². The molecule has 1 saturated carbocycles. The molecule has 3 rings (SSSR count). The van der Waals surface area contributed by atoms with E-state index in [1.54, 1.807) is 6.07 Å².